The molecule has 5 heteroatoms. The van der Waals surface area contributed by atoms with E-state index in [1.54, 1.807) is 0 Å². The molecule has 0 saturated carbocycles. The van der Waals surface area contributed by atoms with E-state index in [0.29, 0.717) is 6.54 Å². The fraction of sp³-hybridized carbons (Fsp3) is 0.400. The van der Waals surface area contributed by atoms with Crippen molar-refractivity contribution in [2.45, 2.75) is 39.7 Å². The van der Waals surface area contributed by atoms with Crippen LogP contribution in [0.15, 0.2) is 24.3 Å². The topological polar surface area (TPSA) is 70.7 Å². The van der Waals surface area contributed by atoms with Crippen LogP contribution in [0.5, 0.6) is 0 Å². The van der Waals surface area contributed by atoms with E-state index in [-0.39, 0.29) is 17.6 Å². The summed E-state index contributed by atoms with van der Waals surface area (Å²) in [6.45, 7) is 6.59. The SMILES string of the molecule is CCc1ccc(CNC(=O)c2n[nH]c(C(C)C)n2)cc1. The molecule has 2 N–H and O–H groups in total. The van der Waals surface area contributed by atoms with Gasteiger partial charge in [-0.3, -0.25) is 9.89 Å². The summed E-state index contributed by atoms with van der Waals surface area (Å²) in [6.07, 6.45) is 1.02. The van der Waals surface area contributed by atoms with E-state index in [4.69, 9.17) is 0 Å². The van der Waals surface area contributed by atoms with Gasteiger partial charge in [-0.2, -0.15) is 0 Å². The number of nitrogens with zero attached hydrogens (tertiary/aromatic N) is 2. The van der Waals surface area contributed by atoms with Crippen LogP contribution in [0.25, 0.3) is 0 Å². The number of aryl methyl sites for hydroxylation is 1. The van der Waals surface area contributed by atoms with Crippen LogP contribution in [0.1, 0.15) is 54.3 Å². The number of nitrogens with one attached hydrogen (secondary N) is 2. The summed E-state index contributed by atoms with van der Waals surface area (Å²) < 4.78 is 0. The smallest absolute Gasteiger partial charge is 0.291 e. The van der Waals surface area contributed by atoms with Crippen molar-refractivity contribution in [1.82, 2.24) is 20.5 Å². The highest BCUT2D eigenvalue weighted by atomic mass is 16.2. The Morgan fingerprint density at radius 3 is 2.45 bits per heavy atom. The first-order valence-corrected chi connectivity index (χ1v) is 6.88. The first-order valence-electron chi connectivity index (χ1n) is 6.88. The standard InChI is InChI=1S/C15H20N4O/c1-4-11-5-7-12(8-6-11)9-16-15(20)14-17-13(10(2)3)18-19-14/h5-8,10H,4,9H2,1-3H3,(H,16,20)(H,17,18,19). The maximum absolute atomic E-state index is 11.9. The molecule has 1 heterocycles. The van der Waals surface area contributed by atoms with Crippen LogP contribution in [-0.4, -0.2) is 21.1 Å². The normalized spacial score (nSPS) is 10.8. The van der Waals surface area contributed by atoms with E-state index in [1.807, 2.05) is 26.0 Å². The fourth-order valence-corrected chi connectivity index (χ4v) is 1.79. The highest BCUT2D eigenvalue weighted by molar-refractivity contribution is 5.90. The van der Waals surface area contributed by atoms with Crippen LogP contribution < -0.4 is 5.32 Å². The van der Waals surface area contributed by atoms with Gasteiger partial charge in [0.25, 0.3) is 5.91 Å². The number of benzene rings is 1. The summed E-state index contributed by atoms with van der Waals surface area (Å²) in [5, 5.41) is 9.53. The Kier molecular flexibility index (Phi) is 4.50. The maximum Gasteiger partial charge on any atom is 0.291 e. The second-order valence-electron chi connectivity index (χ2n) is 5.05. The molecular formula is C15H20N4O. The maximum atomic E-state index is 11.9. The number of aromatic nitrogens is 3. The molecule has 5 nitrogen and oxygen atoms in total. The molecule has 0 radical (unpaired) electrons. The Bertz CT molecular complexity index is 572. The molecule has 0 bridgehead atoms. The first kappa shape index (κ1) is 14.2. The zero-order chi connectivity index (χ0) is 14.5. The van der Waals surface area contributed by atoms with E-state index in [1.165, 1.54) is 5.56 Å². The molecular weight excluding hydrogens is 252 g/mol. The van der Waals surface area contributed by atoms with Crippen molar-refractivity contribution in [2.24, 2.45) is 0 Å². The van der Waals surface area contributed by atoms with Gasteiger partial charge in [0.2, 0.25) is 5.82 Å². The quantitative estimate of drug-likeness (QED) is 0.878. The molecule has 0 atom stereocenters. The van der Waals surface area contributed by atoms with Crippen LogP contribution in [0.3, 0.4) is 0 Å². The molecule has 2 aromatic rings. The number of hydrogen-bond donors (Lipinski definition) is 2. The van der Waals surface area contributed by atoms with Crippen LogP contribution in [0.4, 0.5) is 0 Å². The predicted molar refractivity (Wildman–Crippen MR) is 77.5 cm³/mol. The Hall–Kier alpha value is -2.17. The van der Waals surface area contributed by atoms with Gasteiger partial charge in [-0.25, -0.2) is 4.98 Å². The minimum absolute atomic E-state index is 0.193. The summed E-state index contributed by atoms with van der Waals surface area (Å²) in [5.74, 6) is 0.889. The van der Waals surface area contributed by atoms with Crippen molar-refractivity contribution in [1.29, 1.82) is 0 Å². The minimum atomic E-state index is -0.257. The molecule has 1 aromatic heterocycles. The number of aromatic amines is 1. The predicted octanol–water partition coefficient (Wildman–Crippen LogP) is 2.42. The Labute approximate surface area is 118 Å². The van der Waals surface area contributed by atoms with Gasteiger partial charge in [-0.1, -0.05) is 45.0 Å². The van der Waals surface area contributed by atoms with E-state index >= 15 is 0 Å². The molecule has 0 aliphatic rings. The van der Waals surface area contributed by atoms with Gasteiger partial charge in [0.15, 0.2) is 0 Å². The summed E-state index contributed by atoms with van der Waals surface area (Å²) in [7, 11) is 0. The van der Waals surface area contributed by atoms with Gasteiger partial charge < -0.3 is 5.32 Å². The average Bonchev–Trinajstić information content (AvgIpc) is 2.95. The zero-order valence-corrected chi connectivity index (χ0v) is 12.1. The van der Waals surface area contributed by atoms with Crippen LogP contribution in [-0.2, 0) is 13.0 Å². The van der Waals surface area contributed by atoms with Gasteiger partial charge in [-0.15, -0.1) is 5.10 Å². The summed E-state index contributed by atoms with van der Waals surface area (Å²) >= 11 is 0. The summed E-state index contributed by atoms with van der Waals surface area (Å²) in [6, 6.07) is 8.20. The van der Waals surface area contributed by atoms with Crippen LogP contribution in [0.2, 0.25) is 0 Å². The van der Waals surface area contributed by atoms with E-state index in [9.17, 15) is 4.79 Å². The molecule has 0 fully saturated rings. The number of carbonyl (C=O) groups is 1. The second kappa shape index (κ2) is 6.32. The van der Waals surface area contributed by atoms with Gasteiger partial charge in [0.05, 0.1) is 0 Å². The number of rotatable bonds is 5. The van der Waals surface area contributed by atoms with Gasteiger partial charge in [-0.05, 0) is 17.5 Å². The molecule has 0 spiro atoms. The summed E-state index contributed by atoms with van der Waals surface area (Å²) in [5.41, 5.74) is 2.35. The lowest BCUT2D eigenvalue weighted by molar-refractivity contribution is 0.0941. The van der Waals surface area contributed by atoms with Gasteiger partial charge in [0.1, 0.15) is 5.82 Å². The molecule has 0 aliphatic carbocycles. The monoisotopic (exact) mass is 272 g/mol. The zero-order valence-electron chi connectivity index (χ0n) is 12.1. The van der Waals surface area contributed by atoms with Crippen molar-refractivity contribution in [3.63, 3.8) is 0 Å². The fourth-order valence-electron chi connectivity index (χ4n) is 1.79. The van der Waals surface area contributed by atoms with E-state index in [0.717, 1.165) is 17.8 Å². The lowest BCUT2D eigenvalue weighted by Crippen LogP contribution is -2.24. The number of hydrogen-bond acceptors (Lipinski definition) is 3. The number of H-pyrrole nitrogens is 1. The van der Waals surface area contributed by atoms with Crippen molar-refractivity contribution in [3.8, 4) is 0 Å². The molecule has 1 amide bonds. The van der Waals surface area contributed by atoms with Crippen LogP contribution in [0, 0.1) is 0 Å². The second-order valence-corrected chi connectivity index (χ2v) is 5.05. The average molecular weight is 272 g/mol. The third-order valence-corrected chi connectivity index (χ3v) is 3.14. The molecule has 0 aliphatic heterocycles. The molecule has 1 aromatic carbocycles. The third kappa shape index (κ3) is 3.44. The van der Waals surface area contributed by atoms with Crippen molar-refractivity contribution in [2.75, 3.05) is 0 Å². The highest BCUT2D eigenvalue weighted by Gasteiger charge is 2.13. The number of amides is 1. The van der Waals surface area contributed by atoms with Crippen molar-refractivity contribution in [3.05, 3.63) is 47.0 Å². The lowest BCUT2D eigenvalue weighted by Gasteiger charge is -2.04. The molecule has 0 unspecified atom stereocenters. The van der Waals surface area contributed by atoms with Gasteiger partial charge in [0, 0.05) is 12.5 Å². The number of carbonyl (C=O) groups excluding carboxylic acids is 1. The highest BCUT2D eigenvalue weighted by Crippen LogP contribution is 2.08. The van der Waals surface area contributed by atoms with E-state index < -0.39 is 0 Å². The first-order chi connectivity index (χ1) is 9.60. The van der Waals surface area contributed by atoms with E-state index in [2.05, 4.69) is 39.6 Å². The minimum Gasteiger partial charge on any atom is -0.345 e. The molecule has 106 valence electrons. The van der Waals surface area contributed by atoms with Crippen LogP contribution >= 0.6 is 0 Å². The van der Waals surface area contributed by atoms with Crippen molar-refractivity contribution < 1.29 is 4.79 Å². The largest absolute Gasteiger partial charge is 0.345 e. The lowest BCUT2D eigenvalue weighted by atomic mass is 10.1. The molecule has 2 rings (SSSR count). The van der Waals surface area contributed by atoms with Gasteiger partial charge >= 0.3 is 0 Å². The molecule has 0 saturated heterocycles. The Morgan fingerprint density at radius 2 is 1.90 bits per heavy atom. The summed E-state index contributed by atoms with van der Waals surface area (Å²) in [4.78, 5) is 16.1. The van der Waals surface area contributed by atoms with Crippen molar-refractivity contribution >= 4 is 5.91 Å². The molecule has 20 heavy (non-hydrogen) atoms. The Morgan fingerprint density at radius 1 is 1.25 bits per heavy atom. The Balaban J connectivity index is 1.93. The third-order valence-electron chi connectivity index (χ3n) is 3.14.